The van der Waals surface area contributed by atoms with Crippen molar-refractivity contribution in [3.05, 3.63) is 59.1 Å². The van der Waals surface area contributed by atoms with E-state index in [1.165, 1.54) is 0 Å². The number of carbonyl (C=O) groups is 2. The lowest BCUT2D eigenvalue weighted by Crippen LogP contribution is -2.53. The van der Waals surface area contributed by atoms with Crippen LogP contribution in [0.5, 0.6) is 5.75 Å². The lowest BCUT2D eigenvalue weighted by molar-refractivity contribution is -0.137. The topological polar surface area (TPSA) is 64.1 Å². The molecule has 2 aromatic rings. The molecule has 0 saturated carbocycles. The fourth-order valence-electron chi connectivity index (χ4n) is 4.24. The molecule has 1 unspecified atom stereocenters. The Morgan fingerprint density at radius 2 is 1.53 bits per heavy atom. The lowest BCUT2D eigenvalue weighted by Gasteiger charge is -2.39. The summed E-state index contributed by atoms with van der Waals surface area (Å²) >= 11 is 5.92. The van der Waals surface area contributed by atoms with Crippen LogP contribution in [0.3, 0.4) is 0 Å². The fraction of sp³-hybridized carbons (Fsp3) is 0.391. The quantitative estimate of drug-likeness (QED) is 0.816. The van der Waals surface area contributed by atoms with Crippen LogP contribution in [-0.4, -0.2) is 66.0 Å². The van der Waals surface area contributed by atoms with E-state index in [0.29, 0.717) is 36.8 Å². The van der Waals surface area contributed by atoms with Crippen molar-refractivity contribution >= 4 is 29.1 Å². The van der Waals surface area contributed by atoms with Crippen molar-refractivity contribution in [2.24, 2.45) is 5.92 Å². The average Bonchev–Trinajstić information content (AvgIpc) is 2.79. The largest absolute Gasteiger partial charge is 0.508 e. The number of piperazine rings is 1. The summed E-state index contributed by atoms with van der Waals surface area (Å²) in [5.41, 5.74) is 1.66. The smallest absolute Gasteiger partial charge is 0.253 e. The third-order valence-corrected chi connectivity index (χ3v) is 6.21. The van der Waals surface area contributed by atoms with Crippen LogP contribution in [-0.2, 0) is 4.79 Å². The average molecular weight is 428 g/mol. The zero-order valence-corrected chi connectivity index (χ0v) is 17.6. The molecule has 0 radical (unpaired) electrons. The van der Waals surface area contributed by atoms with E-state index in [1.807, 2.05) is 17.0 Å². The Morgan fingerprint density at radius 1 is 0.867 bits per heavy atom. The molecule has 2 aromatic carbocycles. The van der Waals surface area contributed by atoms with Gasteiger partial charge in [0.25, 0.3) is 5.91 Å². The number of anilines is 1. The molecule has 1 atom stereocenters. The monoisotopic (exact) mass is 427 g/mol. The van der Waals surface area contributed by atoms with E-state index in [2.05, 4.69) is 4.90 Å². The number of phenolic OH excluding ortho intramolecular Hbond substituents is 1. The number of phenols is 1. The van der Waals surface area contributed by atoms with Crippen molar-refractivity contribution in [1.82, 2.24) is 9.80 Å². The van der Waals surface area contributed by atoms with Gasteiger partial charge >= 0.3 is 0 Å². The van der Waals surface area contributed by atoms with Gasteiger partial charge in [-0.15, -0.1) is 0 Å². The maximum Gasteiger partial charge on any atom is 0.253 e. The van der Waals surface area contributed by atoms with Crippen molar-refractivity contribution in [2.45, 2.75) is 12.8 Å². The number of carbonyl (C=O) groups excluding carboxylic acids is 2. The first-order valence-electron chi connectivity index (χ1n) is 10.4. The van der Waals surface area contributed by atoms with E-state index in [1.54, 1.807) is 41.3 Å². The summed E-state index contributed by atoms with van der Waals surface area (Å²) in [6, 6.07) is 14.1. The molecule has 2 aliphatic heterocycles. The fourth-order valence-corrected chi connectivity index (χ4v) is 4.37. The standard InChI is InChI=1S/C23H26ClN3O3/c24-19-5-3-17(4-6-19)22(29)27-11-1-2-18(16-27)23(30)26-14-12-25(13-15-26)20-7-9-21(28)10-8-20/h3-10,18,28H,1-2,11-16H2. The SMILES string of the molecule is O=C(c1ccc(Cl)cc1)N1CCCC(C(=O)N2CCN(c3ccc(O)cc3)CC2)C1. The minimum atomic E-state index is -0.143. The number of nitrogens with zero attached hydrogens (tertiary/aromatic N) is 3. The number of hydrogen-bond donors (Lipinski definition) is 1. The second-order valence-corrected chi connectivity index (χ2v) is 8.36. The number of amides is 2. The number of rotatable bonds is 3. The highest BCUT2D eigenvalue weighted by atomic mass is 35.5. The molecule has 6 nitrogen and oxygen atoms in total. The predicted molar refractivity (Wildman–Crippen MR) is 117 cm³/mol. The van der Waals surface area contributed by atoms with E-state index in [4.69, 9.17) is 11.6 Å². The first-order valence-corrected chi connectivity index (χ1v) is 10.8. The molecule has 0 aromatic heterocycles. The molecule has 4 rings (SSSR count). The van der Waals surface area contributed by atoms with E-state index in [-0.39, 0.29) is 23.5 Å². The van der Waals surface area contributed by atoms with E-state index in [9.17, 15) is 14.7 Å². The van der Waals surface area contributed by atoms with Crippen molar-refractivity contribution in [1.29, 1.82) is 0 Å². The van der Waals surface area contributed by atoms with Crippen LogP contribution in [0.15, 0.2) is 48.5 Å². The van der Waals surface area contributed by atoms with Crippen molar-refractivity contribution in [3.63, 3.8) is 0 Å². The molecule has 30 heavy (non-hydrogen) atoms. The highest BCUT2D eigenvalue weighted by molar-refractivity contribution is 6.30. The summed E-state index contributed by atoms with van der Waals surface area (Å²) in [6.07, 6.45) is 1.66. The van der Waals surface area contributed by atoms with Crippen LogP contribution in [0.4, 0.5) is 5.69 Å². The van der Waals surface area contributed by atoms with Gasteiger partial charge in [-0.2, -0.15) is 0 Å². The molecule has 2 amide bonds. The van der Waals surface area contributed by atoms with Gasteiger partial charge in [0.15, 0.2) is 0 Å². The molecule has 2 heterocycles. The van der Waals surface area contributed by atoms with Gasteiger partial charge in [-0.05, 0) is 61.4 Å². The van der Waals surface area contributed by atoms with Crippen molar-refractivity contribution < 1.29 is 14.7 Å². The summed E-state index contributed by atoms with van der Waals surface area (Å²) < 4.78 is 0. The normalized spacial score (nSPS) is 19.6. The molecule has 2 fully saturated rings. The number of halogens is 1. The number of benzene rings is 2. The van der Waals surface area contributed by atoms with Gasteiger partial charge in [0, 0.05) is 55.5 Å². The Bertz CT molecular complexity index is 893. The van der Waals surface area contributed by atoms with Crippen LogP contribution in [0.25, 0.3) is 0 Å². The Morgan fingerprint density at radius 3 is 2.20 bits per heavy atom. The second kappa shape index (κ2) is 8.96. The van der Waals surface area contributed by atoms with Gasteiger partial charge < -0.3 is 19.8 Å². The van der Waals surface area contributed by atoms with Crippen molar-refractivity contribution in [3.8, 4) is 5.75 Å². The summed E-state index contributed by atoms with van der Waals surface area (Å²) in [7, 11) is 0. The first-order chi connectivity index (χ1) is 14.5. The number of likely N-dealkylation sites (tertiary alicyclic amines) is 1. The number of hydrogen-bond acceptors (Lipinski definition) is 4. The summed E-state index contributed by atoms with van der Waals surface area (Å²) in [5.74, 6) is 0.216. The summed E-state index contributed by atoms with van der Waals surface area (Å²) in [4.78, 5) is 31.9. The van der Waals surface area contributed by atoms with E-state index < -0.39 is 0 Å². The second-order valence-electron chi connectivity index (χ2n) is 7.93. The summed E-state index contributed by atoms with van der Waals surface area (Å²) in [6.45, 7) is 4.01. The maximum absolute atomic E-state index is 13.1. The summed E-state index contributed by atoms with van der Waals surface area (Å²) in [5, 5.41) is 10.1. The molecule has 7 heteroatoms. The number of piperidine rings is 1. The molecule has 0 bridgehead atoms. The van der Waals surface area contributed by atoms with Crippen LogP contribution in [0.1, 0.15) is 23.2 Å². The number of aromatic hydroxyl groups is 1. The Labute approximate surface area is 181 Å². The van der Waals surface area contributed by atoms with Crippen molar-refractivity contribution in [2.75, 3.05) is 44.2 Å². The Balaban J connectivity index is 1.34. The van der Waals surface area contributed by atoms with E-state index in [0.717, 1.165) is 31.6 Å². The van der Waals surface area contributed by atoms with Crippen LogP contribution < -0.4 is 4.90 Å². The third kappa shape index (κ3) is 4.54. The Hall–Kier alpha value is -2.73. The molecule has 2 saturated heterocycles. The Kier molecular flexibility index (Phi) is 6.13. The zero-order valence-electron chi connectivity index (χ0n) is 16.8. The molecule has 158 valence electrons. The third-order valence-electron chi connectivity index (χ3n) is 5.96. The first kappa shape index (κ1) is 20.5. The van der Waals surface area contributed by atoms with Gasteiger partial charge in [0.2, 0.25) is 5.91 Å². The van der Waals surface area contributed by atoms with Gasteiger partial charge in [0.1, 0.15) is 5.75 Å². The van der Waals surface area contributed by atoms with Crippen LogP contribution in [0, 0.1) is 5.92 Å². The van der Waals surface area contributed by atoms with Crippen LogP contribution >= 0.6 is 11.6 Å². The molecule has 0 aliphatic carbocycles. The maximum atomic E-state index is 13.1. The zero-order chi connectivity index (χ0) is 21.1. The van der Waals surface area contributed by atoms with Gasteiger partial charge in [-0.25, -0.2) is 0 Å². The highest BCUT2D eigenvalue weighted by Gasteiger charge is 2.33. The van der Waals surface area contributed by atoms with Gasteiger partial charge in [-0.3, -0.25) is 9.59 Å². The lowest BCUT2D eigenvalue weighted by atomic mass is 9.95. The van der Waals surface area contributed by atoms with Crippen LogP contribution in [0.2, 0.25) is 5.02 Å². The minimum Gasteiger partial charge on any atom is -0.508 e. The molecule has 0 spiro atoms. The molecule has 2 aliphatic rings. The minimum absolute atomic E-state index is 0.0404. The highest BCUT2D eigenvalue weighted by Crippen LogP contribution is 2.24. The van der Waals surface area contributed by atoms with Gasteiger partial charge in [-0.1, -0.05) is 11.6 Å². The molecular weight excluding hydrogens is 402 g/mol. The molecule has 1 N–H and O–H groups in total. The predicted octanol–water partition coefficient (Wildman–Crippen LogP) is 3.25. The van der Waals surface area contributed by atoms with E-state index >= 15 is 0 Å². The van der Waals surface area contributed by atoms with Gasteiger partial charge in [0.05, 0.1) is 5.92 Å². The molecular formula is C23H26ClN3O3.